The van der Waals surface area contributed by atoms with Crippen molar-refractivity contribution in [2.75, 3.05) is 0 Å². The second-order valence-corrected chi connectivity index (χ2v) is 4.28. The van der Waals surface area contributed by atoms with Crippen LogP contribution in [-0.4, -0.2) is 28.1 Å². The lowest BCUT2D eigenvalue weighted by Crippen LogP contribution is -2.45. The molecule has 0 heterocycles. The molecule has 0 spiro atoms. The number of amides is 1. The van der Waals surface area contributed by atoms with E-state index < -0.39 is 6.04 Å². The number of carbonyl (C=O) groups is 1. The van der Waals surface area contributed by atoms with Crippen molar-refractivity contribution in [1.82, 2.24) is 5.32 Å². The molecule has 6 heteroatoms. The van der Waals surface area contributed by atoms with Gasteiger partial charge in [-0.15, -0.1) is 0 Å². The number of nitrogens with one attached hydrogen (secondary N) is 1. The molecule has 104 valence electrons. The van der Waals surface area contributed by atoms with E-state index in [2.05, 4.69) is 10.5 Å². The Bertz CT molecular complexity index is 460. The zero-order valence-corrected chi connectivity index (χ0v) is 10.8. The van der Waals surface area contributed by atoms with E-state index in [1.165, 1.54) is 12.1 Å². The van der Waals surface area contributed by atoms with Crippen LogP contribution in [0.4, 0.5) is 0 Å². The van der Waals surface area contributed by atoms with Crippen molar-refractivity contribution in [2.45, 2.75) is 32.2 Å². The van der Waals surface area contributed by atoms with E-state index in [0.29, 0.717) is 12.0 Å². The van der Waals surface area contributed by atoms with E-state index >= 15 is 0 Å². The Morgan fingerprint density at radius 3 is 2.84 bits per heavy atom. The maximum Gasteiger partial charge on any atom is 0.225 e. The van der Waals surface area contributed by atoms with Gasteiger partial charge in [0.2, 0.25) is 5.91 Å². The first-order chi connectivity index (χ1) is 9.06. The average Bonchev–Trinajstić information content (AvgIpc) is 2.37. The first kappa shape index (κ1) is 14.8. The minimum Gasteiger partial charge on any atom is -0.508 e. The maximum absolute atomic E-state index is 11.8. The normalized spacial score (nSPS) is 13.0. The summed E-state index contributed by atoms with van der Waals surface area (Å²) in [6.45, 7) is 1.94. The number of amidine groups is 1. The summed E-state index contributed by atoms with van der Waals surface area (Å²) in [6, 6.07) is 6.01. The first-order valence-electron chi connectivity index (χ1n) is 6.11. The van der Waals surface area contributed by atoms with Gasteiger partial charge in [-0.1, -0.05) is 30.6 Å². The third kappa shape index (κ3) is 4.87. The van der Waals surface area contributed by atoms with Gasteiger partial charge in [0.25, 0.3) is 0 Å². The number of rotatable bonds is 6. The number of carbonyl (C=O) groups excluding carboxylic acids is 1. The van der Waals surface area contributed by atoms with Crippen LogP contribution in [0.25, 0.3) is 0 Å². The molecule has 6 nitrogen and oxygen atoms in total. The monoisotopic (exact) mass is 265 g/mol. The van der Waals surface area contributed by atoms with E-state index in [1.54, 1.807) is 12.1 Å². The summed E-state index contributed by atoms with van der Waals surface area (Å²) in [4.78, 5) is 11.8. The zero-order valence-electron chi connectivity index (χ0n) is 10.8. The van der Waals surface area contributed by atoms with Gasteiger partial charge in [-0.2, -0.15) is 0 Å². The van der Waals surface area contributed by atoms with E-state index in [1.807, 2.05) is 6.92 Å². The molecule has 1 rings (SSSR count). The molecule has 0 aromatic heterocycles. The number of phenolic OH excluding ortho intramolecular Hbond substituents is 1. The highest BCUT2D eigenvalue weighted by molar-refractivity contribution is 5.90. The SMILES string of the molecule is CCCC(NC(=O)Cc1cccc(O)c1)/C(N)=N/O. The van der Waals surface area contributed by atoms with E-state index in [0.717, 1.165) is 6.42 Å². The zero-order chi connectivity index (χ0) is 14.3. The smallest absolute Gasteiger partial charge is 0.225 e. The van der Waals surface area contributed by atoms with E-state index in [-0.39, 0.29) is 23.9 Å². The third-order valence-electron chi connectivity index (χ3n) is 2.66. The van der Waals surface area contributed by atoms with E-state index in [4.69, 9.17) is 10.9 Å². The highest BCUT2D eigenvalue weighted by Crippen LogP contribution is 2.11. The molecular weight excluding hydrogens is 246 g/mol. The minimum atomic E-state index is -0.472. The highest BCUT2D eigenvalue weighted by atomic mass is 16.4. The van der Waals surface area contributed by atoms with Gasteiger partial charge in [-0.25, -0.2) is 0 Å². The summed E-state index contributed by atoms with van der Waals surface area (Å²) < 4.78 is 0. The van der Waals surface area contributed by atoms with Crippen LogP contribution in [0.1, 0.15) is 25.3 Å². The Balaban J connectivity index is 2.62. The number of hydrogen-bond donors (Lipinski definition) is 4. The number of nitrogens with two attached hydrogens (primary N) is 1. The molecule has 0 aliphatic heterocycles. The first-order valence-corrected chi connectivity index (χ1v) is 6.11. The minimum absolute atomic E-state index is 0.00823. The van der Waals surface area contributed by atoms with Crippen LogP contribution in [0.3, 0.4) is 0 Å². The number of benzene rings is 1. The molecule has 0 radical (unpaired) electrons. The van der Waals surface area contributed by atoms with Gasteiger partial charge in [0.15, 0.2) is 5.84 Å². The largest absolute Gasteiger partial charge is 0.508 e. The lowest BCUT2D eigenvalue weighted by atomic mass is 10.1. The van der Waals surface area contributed by atoms with Gasteiger partial charge >= 0.3 is 0 Å². The summed E-state index contributed by atoms with van der Waals surface area (Å²) in [7, 11) is 0. The summed E-state index contributed by atoms with van der Waals surface area (Å²) in [6.07, 6.45) is 1.53. The van der Waals surface area contributed by atoms with Crippen LogP contribution in [0.5, 0.6) is 5.75 Å². The van der Waals surface area contributed by atoms with Crippen LogP contribution in [0.2, 0.25) is 0 Å². The van der Waals surface area contributed by atoms with Gasteiger partial charge in [0.05, 0.1) is 12.5 Å². The highest BCUT2D eigenvalue weighted by Gasteiger charge is 2.16. The van der Waals surface area contributed by atoms with Gasteiger partial charge in [0, 0.05) is 0 Å². The Labute approximate surface area is 111 Å². The Morgan fingerprint density at radius 2 is 2.26 bits per heavy atom. The number of nitrogens with zero attached hydrogens (tertiary/aromatic N) is 1. The molecule has 0 saturated heterocycles. The van der Waals surface area contributed by atoms with Crippen molar-refractivity contribution in [3.8, 4) is 5.75 Å². The molecule has 1 aromatic carbocycles. The molecule has 0 bridgehead atoms. The van der Waals surface area contributed by atoms with Crippen molar-refractivity contribution in [2.24, 2.45) is 10.9 Å². The molecule has 0 saturated carbocycles. The number of oxime groups is 1. The second-order valence-electron chi connectivity index (χ2n) is 4.28. The molecule has 0 aliphatic carbocycles. The van der Waals surface area contributed by atoms with Crippen molar-refractivity contribution < 1.29 is 15.1 Å². The van der Waals surface area contributed by atoms with Crippen LogP contribution < -0.4 is 11.1 Å². The van der Waals surface area contributed by atoms with Crippen molar-refractivity contribution in [3.05, 3.63) is 29.8 Å². The fourth-order valence-corrected chi connectivity index (χ4v) is 1.75. The predicted molar refractivity (Wildman–Crippen MR) is 72.1 cm³/mol. The summed E-state index contributed by atoms with van der Waals surface area (Å²) in [5.74, 6) is -0.131. The average molecular weight is 265 g/mol. The Morgan fingerprint density at radius 1 is 1.53 bits per heavy atom. The van der Waals surface area contributed by atoms with Crippen LogP contribution in [0, 0.1) is 0 Å². The van der Waals surface area contributed by atoms with Gasteiger partial charge in [-0.05, 0) is 24.1 Å². The molecule has 5 N–H and O–H groups in total. The lowest BCUT2D eigenvalue weighted by molar-refractivity contribution is -0.120. The third-order valence-corrected chi connectivity index (χ3v) is 2.66. The lowest BCUT2D eigenvalue weighted by Gasteiger charge is -2.16. The summed E-state index contributed by atoms with van der Waals surface area (Å²) >= 11 is 0. The van der Waals surface area contributed by atoms with Crippen molar-refractivity contribution in [3.63, 3.8) is 0 Å². The Hall–Kier alpha value is -2.24. The number of phenols is 1. The predicted octanol–water partition coefficient (Wildman–Crippen LogP) is 0.966. The summed E-state index contributed by atoms with van der Waals surface area (Å²) in [5.41, 5.74) is 6.22. The number of hydrogen-bond acceptors (Lipinski definition) is 4. The topological polar surface area (TPSA) is 108 Å². The molecule has 0 aliphatic rings. The molecule has 1 aromatic rings. The quantitative estimate of drug-likeness (QED) is 0.266. The van der Waals surface area contributed by atoms with Gasteiger partial charge in [-0.3, -0.25) is 4.79 Å². The molecule has 1 amide bonds. The van der Waals surface area contributed by atoms with Gasteiger partial charge in [0.1, 0.15) is 5.75 Å². The van der Waals surface area contributed by atoms with Gasteiger partial charge < -0.3 is 21.4 Å². The van der Waals surface area contributed by atoms with Crippen molar-refractivity contribution in [1.29, 1.82) is 0 Å². The standard InChI is InChI=1S/C13H19N3O3/c1-2-4-11(13(14)16-19)15-12(18)8-9-5-3-6-10(17)7-9/h3,5-7,11,17,19H,2,4,8H2,1H3,(H2,14,16)(H,15,18). The fraction of sp³-hybridized carbons (Fsp3) is 0.385. The maximum atomic E-state index is 11.8. The Kier molecular flexibility index (Phi) is 5.66. The van der Waals surface area contributed by atoms with Crippen molar-refractivity contribution >= 4 is 11.7 Å². The van der Waals surface area contributed by atoms with Crippen LogP contribution >= 0.6 is 0 Å². The summed E-state index contributed by atoms with van der Waals surface area (Å²) in [5, 5.41) is 23.6. The van der Waals surface area contributed by atoms with Crippen LogP contribution in [0.15, 0.2) is 29.4 Å². The second kappa shape index (κ2) is 7.25. The molecule has 1 atom stereocenters. The molecule has 0 fully saturated rings. The molecule has 19 heavy (non-hydrogen) atoms. The molecule has 1 unspecified atom stereocenters. The van der Waals surface area contributed by atoms with E-state index in [9.17, 15) is 9.90 Å². The molecular formula is C13H19N3O3. The number of aromatic hydroxyl groups is 1. The fourth-order valence-electron chi connectivity index (χ4n) is 1.75. The van der Waals surface area contributed by atoms with Crippen LogP contribution in [-0.2, 0) is 11.2 Å².